The van der Waals surface area contributed by atoms with Crippen LogP contribution >= 0.6 is 0 Å². The fourth-order valence-electron chi connectivity index (χ4n) is 4.97. The molecule has 3 atom stereocenters. The van der Waals surface area contributed by atoms with Crippen LogP contribution in [-0.2, 0) is 30.3 Å². The number of hydrogen-bond acceptors (Lipinski definition) is 7. The van der Waals surface area contributed by atoms with Gasteiger partial charge in [0.2, 0.25) is 17.7 Å². The third-order valence-electron chi connectivity index (χ3n) is 7.28. The Balaban J connectivity index is 1.55. The highest BCUT2D eigenvalue weighted by Crippen LogP contribution is 2.30. The summed E-state index contributed by atoms with van der Waals surface area (Å²) in [6.45, 7) is 3.56. The van der Waals surface area contributed by atoms with Gasteiger partial charge in [0.25, 0.3) is 0 Å². The molecular formula is C31H38N6O5. The van der Waals surface area contributed by atoms with E-state index in [4.69, 9.17) is 10.5 Å². The Hall–Kier alpha value is -4.51. The van der Waals surface area contributed by atoms with Crippen LogP contribution in [0.1, 0.15) is 56.0 Å². The van der Waals surface area contributed by atoms with E-state index in [1.54, 1.807) is 13.8 Å². The molecule has 0 saturated carbocycles. The average molecular weight is 575 g/mol. The number of benzene rings is 2. The van der Waals surface area contributed by atoms with Crippen LogP contribution in [0.2, 0.25) is 0 Å². The van der Waals surface area contributed by atoms with Crippen molar-refractivity contribution in [3.8, 4) is 0 Å². The zero-order valence-corrected chi connectivity index (χ0v) is 24.1. The van der Waals surface area contributed by atoms with Crippen LogP contribution in [0.25, 0.3) is 0 Å². The van der Waals surface area contributed by atoms with E-state index < -0.39 is 41.3 Å². The fourth-order valence-corrected chi connectivity index (χ4v) is 4.97. The van der Waals surface area contributed by atoms with Crippen LogP contribution in [0.5, 0.6) is 0 Å². The van der Waals surface area contributed by atoms with Crippen molar-refractivity contribution in [1.29, 1.82) is 0 Å². The third-order valence-corrected chi connectivity index (χ3v) is 7.28. The quantitative estimate of drug-likeness (QED) is 0.256. The normalized spacial score (nSPS) is 16.4. The molecule has 42 heavy (non-hydrogen) atoms. The lowest BCUT2D eigenvalue weighted by molar-refractivity contribution is -0.151. The van der Waals surface area contributed by atoms with Gasteiger partial charge in [0, 0.05) is 12.7 Å². The number of carbonyl (C=O) groups is 4. The number of esters is 1. The van der Waals surface area contributed by atoms with Gasteiger partial charge in [-0.15, -0.1) is 0 Å². The van der Waals surface area contributed by atoms with Crippen LogP contribution in [0.3, 0.4) is 0 Å². The summed E-state index contributed by atoms with van der Waals surface area (Å²) in [7, 11) is 1.31. The predicted molar refractivity (Wildman–Crippen MR) is 157 cm³/mol. The second-order valence-corrected chi connectivity index (χ2v) is 11.0. The first-order valence-corrected chi connectivity index (χ1v) is 14.0. The summed E-state index contributed by atoms with van der Waals surface area (Å²) in [5.74, 6) is -2.00. The van der Waals surface area contributed by atoms with Crippen molar-refractivity contribution in [2.24, 2.45) is 5.73 Å². The summed E-state index contributed by atoms with van der Waals surface area (Å²) in [5.41, 5.74) is 6.50. The molecule has 1 aliphatic heterocycles. The van der Waals surface area contributed by atoms with Crippen molar-refractivity contribution in [3.63, 3.8) is 0 Å². The maximum absolute atomic E-state index is 13.9. The highest BCUT2D eigenvalue weighted by Gasteiger charge is 2.40. The topological polar surface area (TPSA) is 160 Å². The van der Waals surface area contributed by atoms with E-state index in [2.05, 4.69) is 20.6 Å². The lowest BCUT2D eigenvalue weighted by Gasteiger charge is -2.27. The number of anilines is 1. The Morgan fingerprint density at radius 3 is 2.40 bits per heavy atom. The minimum absolute atomic E-state index is 0.195. The average Bonchev–Trinajstić information content (AvgIpc) is 3.65. The molecule has 11 heteroatoms. The van der Waals surface area contributed by atoms with Crippen LogP contribution in [0.15, 0.2) is 66.9 Å². The lowest BCUT2D eigenvalue weighted by atomic mass is 9.96. The molecule has 0 bridgehead atoms. The third kappa shape index (κ3) is 7.41. The zero-order valence-electron chi connectivity index (χ0n) is 24.1. The maximum atomic E-state index is 13.9. The van der Waals surface area contributed by atoms with Gasteiger partial charge in [-0.2, -0.15) is 0 Å². The summed E-state index contributed by atoms with van der Waals surface area (Å²) in [5, 5.41) is 5.53. The number of nitrogens with one attached hydrogen (secondary N) is 3. The van der Waals surface area contributed by atoms with Crippen molar-refractivity contribution >= 4 is 29.5 Å². The Labute approximate surface area is 245 Å². The Bertz CT molecular complexity index is 1390. The number of aryl methyl sites for hydroxylation is 1. The molecule has 0 radical (unpaired) electrons. The van der Waals surface area contributed by atoms with Gasteiger partial charge in [0.1, 0.15) is 23.8 Å². The summed E-state index contributed by atoms with van der Waals surface area (Å²) >= 11 is 0. The number of likely N-dealkylation sites (tertiary alicyclic amines) is 1. The number of carbonyl (C=O) groups excluding carboxylic acids is 4. The molecule has 2 aromatic carbocycles. The number of nitrogens with zero attached hydrogens (tertiary/aromatic N) is 2. The maximum Gasteiger partial charge on any atom is 0.328 e. The molecule has 3 amide bonds. The number of aromatic nitrogens is 2. The number of H-pyrrole nitrogens is 1. The summed E-state index contributed by atoms with van der Waals surface area (Å²) in [4.78, 5) is 61.4. The van der Waals surface area contributed by atoms with Crippen LogP contribution in [0, 0.1) is 0 Å². The number of methoxy groups -OCH3 is 1. The molecule has 1 fully saturated rings. The van der Waals surface area contributed by atoms with Crippen LogP contribution < -0.4 is 16.4 Å². The minimum Gasteiger partial charge on any atom is -0.467 e. The van der Waals surface area contributed by atoms with Crippen molar-refractivity contribution in [2.75, 3.05) is 19.0 Å². The zero-order chi connectivity index (χ0) is 30.3. The molecule has 0 spiro atoms. The highest BCUT2D eigenvalue weighted by molar-refractivity contribution is 5.98. The molecule has 1 saturated heterocycles. The van der Waals surface area contributed by atoms with E-state index in [0.29, 0.717) is 43.6 Å². The molecule has 2 unspecified atom stereocenters. The van der Waals surface area contributed by atoms with Gasteiger partial charge in [0.15, 0.2) is 5.82 Å². The molecular weight excluding hydrogens is 536 g/mol. The molecule has 4 rings (SSSR count). The van der Waals surface area contributed by atoms with Gasteiger partial charge in [-0.3, -0.25) is 14.4 Å². The van der Waals surface area contributed by atoms with Gasteiger partial charge < -0.3 is 31.0 Å². The van der Waals surface area contributed by atoms with Gasteiger partial charge in [-0.25, -0.2) is 9.78 Å². The van der Waals surface area contributed by atoms with Crippen molar-refractivity contribution in [3.05, 3.63) is 83.8 Å². The molecule has 1 aliphatic rings. The first-order valence-electron chi connectivity index (χ1n) is 14.0. The first kappa shape index (κ1) is 30.4. The Morgan fingerprint density at radius 2 is 1.76 bits per heavy atom. The molecule has 11 nitrogen and oxygen atoms in total. The minimum atomic E-state index is -1.17. The largest absolute Gasteiger partial charge is 0.467 e. The lowest BCUT2D eigenvalue weighted by Crippen LogP contribution is -2.55. The van der Waals surface area contributed by atoms with Crippen LogP contribution in [-0.4, -0.2) is 69.8 Å². The van der Waals surface area contributed by atoms with Crippen molar-refractivity contribution in [2.45, 2.75) is 63.1 Å². The van der Waals surface area contributed by atoms with Gasteiger partial charge in [0.05, 0.1) is 12.6 Å². The fraction of sp³-hybridized carbons (Fsp3) is 0.387. The Kier molecular flexibility index (Phi) is 9.74. The molecule has 2 heterocycles. The monoisotopic (exact) mass is 574 g/mol. The van der Waals surface area contributed by atoms with E-state index >= 15 is 0 Å². The number of amides is 3. The number of aromatic amines is 1. The molecule has 222 valence electrons. The number of nitrogens with two attached hydrogens (primary N) is 1. The van der Waals surface area contributed by atoms with E-state index in [0.717, 1.165) is 5.56 Å². The molecule has 3 aromatic rings. The number of imidazole rings is 1. The summed E-state index contributed by atoms with van der Waals surface area (Å²) in [6, 6.07) is 17.2. The summed E-state index contributed by atoms with van der Waals surface area (Å²) < 4.78 is 4.93. The standard InChI is InChI=1S/C31H38N6O5/c1-31(2,32)30(41)34-22(17-16-20-11-6-4-7-12-20)27(38)36-24-19-33-26(35-24)25(21-13-8-5-9-14-21)28(39)37-18-10-15-23(37)29(40)42-3/h4-9,11-14,19,22-23,25H,10,15-18,32H2,1-3H3,(H,33,35)(H,34,41)(H,36,38)/t22-,23?,25?/m1/s1. The summed E-state index contributed by atoms with van der Waals surface area (Å²) in [6.07, 6.45) is 3.60. The smallest absolute Gasteiger partial charge is 0.328 e. The number of ether oxygens (including phenoxy) is 1. The number of hydrogen-bond donors (Lipinski definition) is 4. The van der Waals surface area contributed by atoms with Crippen LogP contribution in [0.4, 0.5) is 5.82 Å². The molecule has 5 N–H and O–H groups in total. The molecule has 1 aromatic heterocycles. The SMILES string of the molecule is COC(=O)C1CCCN1C(=O)C(c1ccccc1)c1nc(NC(=O)[C@@H](CCc2ccccc2)NC(=O)C(C)(C)N)c[nH]1. The van der Waals surface area contributed by atoms with Gasteiger partial charge >= 0.3 is 5.97 Å². The van der Waals surface area contributed by atoms with E-state index in [9.17, 15) is 19.2 Å². The number of rotatable bonds is 11. The predicted octanol–water partition coefficient (Wildman–Crippen LogP) is 2.50. The van der Waals surface area contributed by atoms with E-state index in [-0.39, 0.29) is 11.7 Å². The first-order chi connectivity index (χ1) is 20.1. The molecule has 0 aliphatic carbocycles. The van der Waals surface area contributed by atoms with Crippen molar-refractivity contribution < 1.29 is 23.9 Å². The van der Waals surface area contributed by atoms with Gasteiger partial charge in [-0.05, 0) is 50.7 Å². The second kappa shape index (κ2) is 13.4. The van der Waals surface area contributed by atoms with Gasteiger partial charge in [-0.1, -0.05) is 60.7 Å². The second-order valence-electron chi connectivity index (χ2n) is 11.0. The van der Waals surface area contributed by atoms with Crippen molar-refractivity contribution in [1.82, 2.24) is 20.2 Å². The Morgan fingerprint density at radius 1 is 1.10 bits per heavy atom. The van der Waals surface area contributed by atoms with E-state index in [1.165, 1.54) is 18.2 Å². The van der Waals surface area contributed by atoms with E-state index in [1.807, 2.05) is 60.7 Å². The highest BCUT2D eigenvalue weighted by atomic mass is 16.5.